The molecule has 0 saturated heterocycles. The first kappa shape index (κ1) is 12.3. The fraction of sp³-hybridized carbons (Fsp3) is 0.800. The smallest absolute Gasteiger partial charge is 0.431 e. The van der Waals surface area contributed by atoms with E-state index in [1.165, 1.54) is 0 Å². The molecule has 0 unspecified atom stereocenters. The van der Waals surface area contributed by atoms with Crippen LogP contribution in [0.3, 0.4) is 0 Å². The van der Waals surface area contributed by atoms with Crippen LogP contribution in [0.25, 0.3) is 0 Å². The molecule has 0 aliphatic rings. The van der Waals surface area contributed by atoms with E-state index < -0.39 is 11.8 Å². The normalized spacial score (nSPS) is 13.6. The first-order valence-electron chi connectivity index (χ1n) is 4.60. The highest BCUT2D eigenvalue weighted by molar-refractivity contribution is 5.60. The second-order valence-corrected chi connectivity index (χ2v) is 3.62. The molecular weight excluding hydrogens is 168 g/mol. The highest BCUT2D eigenvalue weighted by atomic mass is 16.7. The van der Waals surface area contributed by atoms with Gasteiger partial charge in [0.25, 0.3) is 0 Å². The Morgan fingerprint density at radius 3 is 2.46 bits per heavy atom. The monoisotopic (exact) mass is 187 g/mol. The van der Waals surface area contributed by atoms with Crippen LogP contribution in [0.15, 0.2) is 0 Å². The second-order valence-electron chi connectivity index (χ2n) is 3.62. The summed E-state index contributed by atoms with van der Waals surface area (Å²) in [5, 5.41) is 0. The Morgan fingerprint density at radius 1 is 1.54 bits per heavy atom. The predicted octanol–water partition coefficient (Wildman–Crippen LogP) is 2.94. The van der Waals surface area contributed by atoms with Gasteiger partial charge in [0.05, 0.1) is 0 Å². The molecule has 0 amide bonds. The molecule has 0 saturated carbocycles. The van der Waals surface area contributed by atoms with Gasteiger partial charge in [-0.3, -0.25) is 0 Å². The maximum absolute atomic E-state index is 11.1. The van der Waals surface area contributed by atoms with E-state index in [2.05, 4.69) is 0 Å². The van der Waals surface area contributed by atoms with E-state index in [0.29, 0.717) is 0 Å². The van der Waals surface area contributed by atoms with Crippen LogP contribution in [0.1, 0.15) is 41.0 Å². The SMILES string of the molecule is C[CH][C@@H](C)OC(=O)OC(C)(C)CC. The van der Waals surface area contributed by atoms with Crippen molar-refractivity contribution in [3.8, 4) is 0 Å². The van der Waals surface area contributed by atoms with Crippen LogP contribution < -0.4 is 0 Å². The summed E-state index contributed by atoms with van der Waals surface area (Å²) in [5.74, 6) is 0. The van der Waals surface area contributed by atoms with Gasteiger partial charge in [-0.25, -0.2) is 4.79 Å². The van der Waals surface area contributed by atoms with Crippen LogP contribution in [-0.2, 0) is 9.47 Å². The lowest BCUT2D eigenvalue weighted by Gasteiger charge is -2.23. The highest BCUT2D eigenvalue weighted by Gasteiger charge is 2.22. The maximum atomic E-state index is 11.1. The second kappa shape index (κ2) is 5.10. The van der Waals surface area contributed by atoms with Crippen molar-refractivity contribution in [3.63, 3.8) is 0 Å². The maximum Gasteiger partial charge on any atom is 0.509 e. The predicted molar refractivity (Wildman–Crippen MR) is 51.4 cm³/mol. The van der Waals surface area contributed by atoms with Gasteiger partial charge in [-0.15, -0.1) is 0 Å². The third-order valence-electron chi connectivity index (χ3n) is 1.96. The zero-order chi connectivity index (χ0) is 10.5. The van der Waals surface area contributed by atoms with Crippen molar-refractivity contribution in [3.05, 3.63) is 6.42 Å². The molecule has 3 heteroatoms. The molecule has 0 aromatic heterocycles. The van der Waals surface area contributed by atoms with Crippen molar-refractivity contribution in [2.24, 2.45) is 0 Å². The van der Waals surface area contributed by atoms with E-state index in [0.717, 1.165) is 6.42 Å². The minimum Gasteiger partial charge on any atom is -0.431 e. The molecule has 0 aliphatic carbocycles. The van der Waals surface area contributed by atoms with E-state index in [1.807, 2.05) is 27.7 Å². The molecule has 0 fully saturated rings. The molecule has 3 nitrogen and oxygen atoms in total. The van der Waals surface area contributed by atoms with Crippen molar-refractivity contribution in [1.29, 1.82) is 0 Å². The van der Waals surface area contributed by atoms with Crippen LogP contribution in [0.4, 0.5) is 4.79 Å². The molecule has 77 valence electrons. The summed E-state index contributed by atoms with van der Waals surface area (Å²) < 4.78 is 10.00. The van der Waals surface area contributed by atoms with Gasteiger partial charge in [0.2, 0.25) is 0 Å². The number of carbonyl (C=O) groups is 1. The highest BCUT2D eigenvalue weighted by Crippen LogP contribution is 2.15. The number of ether oxygens (including phenoxy) is 2. The molecule has 0 rings (SSSR count). The van der Waals surface area contributed by atoms with Crippen molar-refractivity contribution in [2.75, 3.05) is 0 Å². The van der Waals surface area contributed by atoms with Gasteiger partial charge in [-0.05, 0) is 33.6 Å². The lowest BCUT2D eigenvalue weighted by molar-refractivity contribution is -0.0276. The van der Waals surface area contributed by atoms with Gasteiger partial charge < -0.3 is 9.47 Å². The molecule has 1 atom stereocenters. The Hall–Kier alpha value is -0.730. The van der Waals surface area contributed by atoms with Gasteiger partial charge in [0.15, 0.2) is 0 Å². The van der Waals surface area contributed by atoms with Crippen LogP contribution in [0.5, 0.6) is 0 Å². The molecular formula is C10H19O3. The molecule has 0 heterocycles. The molecule has 0 spiro atoms. The summed E-state index contributed by atoms with van der Waals surface area (Å²) in [7, 11) is 0. The van der Waals surface area contributed by atoms with E-state index in [-0.39, 0.29) is 6.10 Å². The molecule has 0 aromatic rings. The molecule has 0 bridgehead atoms. The quantitative estimate of drug-likeness (QED) is 0.635. The summed E-state index contributed by atoms with van der Waals surface area (Å²) >= 11 is 0. The van der Waals surface area contributed by atoms with Crippen LogP contribution in [0, 0.1) is 6.42 Å². The van der Waals surface area contributed by atoms with Crippen LogP contribution in [-0.4, -0.2) is 17.9 Å². The van der Waals surface area contributed by atoms with Gasteiger partial charge in [0.1, 0.15) is 11.7 Å². The van der Waals surface area contributed by atoms with Gasteiger partial charge in [0, 0.05) is 0 Å². The topological polar surface area (TPSA) is 35.5 Å². The summed E-state index contributed by atoms with van der Waals surface area (Å²) in [5.41, 5.74) is -0.440. The lowest BCUT2D eigenvalue weighted by atomic mass is 10.1. The van der Waals surface area contributed by atoms with Crippen molar-refractivity contribution in [1.82, 2.24) is 0 Å². The minimum absolute atomic E-state index is 0.194. The van der Waals surface area contributed by atoms with Crippen LogP contribution >= 0.6 is 0 Å². The first-order valence-corrected chi connectivity index (χ1v) is 4.60. The Bertz CT molecular complexity index is 164. The fourth-order valence-electron chi connectivity index (χ4n) is 0.542. The van der Waals surface area contributed by atoms with Crippen molar-refractivity contribution < 1.29 is 14.3 Å². The summed E-state index contributed by atoms with van der Waals surface area (Å²) in [6.45, 7) is 9.30. The van der Waals surface area contributed by atoms with Gasteiger partial charge >= 0.3 is 6.16 Å². The zero-order valence-corrected chi connectivity index (χ0v) is 9.09. The first-order chi connectivity index (χ1) is 5.91. The molecule has 13 heavy (non-hydrogen) atoms. The number of carbonyl (C=O) groups excluding carboxylic acids is 1. The average Bonchev–Trinajstić information content (AvgIpc) is 2.03. The largest absolute Gasteiger partial charge is 0.509 e. The van der Waals surface area contributed by atoms with Gasteiger partial charge in [-0.1, -0.05) is 13.8 Å². The number of hydrogen-bond acceptors (Lipinski definition) is 3. The molecule has 0 aromatic carbocycles. The van der Waals surface area contributed by atoms with E-state index in [9.17, 15) is 4.79 Å². The molecule has 0 N–H and O–H groups in total. The fourth-order valence-corrected chi connectivity index (χ4v) is 0.542. The number of hydrogen-bond donors (Lipinski definition) is 0. The summed E-state index contributed by atoms with van der Waals surface area (Å²) in [6.07, 6.45) is 1.77. The number of rotatable bonds is 4. The third-order valence-corrected chi connectivity index (χ3v) is 1.96. The van der Waals surface area contributed by atoms with Crippen molar-refractivity contribution in [2.45, 2.75) is 52.7 Å². The Balaban J connectivity index is 3.87. The van der Waals surface area contributed by atoms with Crippen LogP contribution in [0.2, 0.25) is 0 Å². The van der Waals surface area contributed by atoms with E-state index >= 15 is 0 Å². The van der Waals surface area contributed by atoms with E-state index in [4.69, 9.17) is 9.47 Å². The molecule has 1 radical (unpaired) electrons. The standard InChI is InChI=1S/C10H19O3/c1-6-8(3)12-9(11)13-10(4,5)7-2/h6,8H,7H2,1-5H3/t8-/m1/s1. The Morgan fingerprint density at radius 2 is 2.08 bits per heavy atom. The van der Waals surface area contributed by atoms with Gasteiger partial charge in [-0.2, -0.15) is 0 Å². The molecule has 0 aliphatic heterocycles. The minimum atomic E-state index is -0.600. The third kappa shape index (κ3) is 5.50. The Kier molecular flexibility index (Phi) is 4.81. The zero-order valence-electron chi connectivity index (χ0n) is 9.09. The average molecular weight is 187 g/mol. The summed E-state index contributed by atoms with van der Waals surface area (Å²) in [4.78, 5) is 11.1. The lowest BCUT2D eigenvalue weighted by Crippen LogP contribution is -2.29. The summed E-state index contributed by atoms with van der Waals surface area (Å²) in [6, 6.07) is 0. The Labute approximate surface area is 80.4 Å². The van der Waals surface area contributed by atoms with E-state index in [1.54, 1.807) is 13.3 Å². The van der Waals surface area contributed by atoms with Crippen molar-refractivity contribution >= 4 is 6.16 Å².